The van der Waals surface area contributed by atoms with Crippen molar-refractivity contribution in [1.82, 2.24) is 4.90 Å². The molecule has 7 nitrogen and oxygen atoms in total. The van der Waals surface area contributed by atoms with Crippen LogP contribution >= 0.6 is 0 Å². The van der Waals surface area contributed by atoms with Crippen LogP contribution in [-0.2, 0) is 22.6 Å². The first-order valence-electron chi connectivity index (χ1n) is 10.2. The van der Waals surface area contributed by atoms with Crippen LogP contribution < -0.4 is 19.5 Å². The number of aryl methyl sites for hydroxylation is 1. The third-order valence-corrected chi connectivity index (χ3v) is 4.86. The van der Waals surface area contributed by atoms with Gasteiger partial charge in [-0.3, -0.25) is 9.59 Å². The fourth-order valence-electron chi connectivity index (χ4n) is 3.24. The molecule has 0 atom stereocenters. The molecule has 0 bridgehead atoms. The van der Waals surface area contributed by atoms with Crippen molar-refractivity contribution in [2.45, 2.75) is 32.5 Å². The molecule has 0 aromatic heterocycles. The van der Waals surface area contributed by atoms with Crippen LogP contribution in [0.3, 0.4) is 0 Å². The molecular weight excluding hydrogens is 441 g/mol. The smallest absolute Gasteiger partial charge is 0.471 e. The van der Waals surface area contributed by atoms with Crippen molar-refractivity contribution in [2.75, 3.05) is 33.2 Å². The number of ether oxygens (including phenoxy) is 3. The first-order chi connectivity index (χ1) is 15.6. The number of hydrogen-bond acceptors (Lipinski definition) is 5. The van der Waals surface area contributed by atoms with Crippen LogP contribution in [0.5, 0.6) is 17.2 Å². The maximum atomic E-state index is 12.7. The molecule has 0 radical (unpaired) electrons. The summed E-state index contributed by atoms with van der Waals surface area (Å²) in [7, 11) is 4.51. The third kappa shape index (κ3) is 7.03. The van der Waals surface area contributed by atoms with Crippen LogP contribution in [-0.4, -0.2) is 50.8 Å². The summed E-state index contributed by atoms with van der Waals surface area (Å²) in [6, 6.07) is 9.89. The molecular formula is C23H27F3N2O5. The highest BCUT2D eigenvalue weighted by Crippen LogP contribution is 2.38. The second-order valence-corrected chi connectivity index (χ2v) is 7.10. The number of amides is 2. The summed E-state index contributed by atoms with van der Waals surface area (Å²) in [5.41, 5.74) is 1.70. The number of anilines is 1. The zero-order valence-corrected chi connectivity index (χ0v) is 18.9. The number of carbonyl (C=O) groups is 2. The summed E-state index contributed by atoms with van der Waals surface area (Å²) >= 11 is 0. The van der Waals surface area contributed by atoms with Gasteiger partial charge in [-0.1, -0.05) is 12.1 Å². The standard InChI is InChI=1S/C23H27F3N2O5/c1-5-28(22(30)23(24,25)26)14-16-7-6-8-17(11-16)27-20(29)10-9-15-12-18(31-2)21(33-4)19(13-15)32-3/h6-8,11-13H,5,9-10,14H2,1-4H3,(H,27,29). The molecule has 0 saturated heterocycles. The van der Waals surface area contributed by atoms with Gasteiger partial charge in [-0.2, -0.15) is 13.2 Å². The summed E-state index contributed by atoms with van der Waals surface area (Å²) in [6.45, 7) is 1.16. The summed E-state index contributed by atoms with van der Waals surface area (Å²) < 4.78 is 54.1. The van der Waals surface area contributed by atoms with Gasteiger partial charge in [0.05, 0.1) is 21.3 Å². The van der Waals surface area contributed by atoms with Crippen molar-refractivity contribution in [3.8, 4) is 17.2 Å². The quantitative estimate of drug-likeness (QED) is 0.566. The first kappa shape index (κ1) is 25.8. The second-order valence-electron chi connectivity index (χ2n) is 7.10. The minimum Gasteiger partial charge on any atom is -0.493 e. The molecule has 0 fully saturated rings. The van der Waals surface area contributed by atoms with E-state index in [0.29, 0.717) is 39.8 Å². The SMILES string of the molecule is CCN(Cc1cccc(NC(=O)CCc2cc(OC)c(OC)c(OC)c2)c1)C(=O)C(F)(F)F. The maximum Gasteiger partial charge on any atom is 0.471 e. The van der Waals surface area contributed by atoms with Crippen LogP contribution in [0.15, 0.2) is 36.4 Å². The normalized spacial score (nSPS) is 11.0. The summed E-state index contributed by atoms with van der Waals surface area (Å²) in [6.07, 6.45) is -4.39. The van der Waals surface area contributed by atoms with E-state index < -0.39 is 12.1 Å². The number of alkyl halides is 3. The Labute approximate surface area is 190 Å². The molecule has 0 saturated carbocycles. The van der Waals surface area contributed by atoms with Gasteiger partial charge in [-0.15, -0.1) is 0 Å². The van der Waals surface area contributed by atoms with Gasteiger partial charge in [-0.05, 0) is 48.7 Å². The molecule has 180 valence electrons. The number of nitrogens with zero attached hydrogens (tertiary/aromatic N) is 1. The Hall–Kier alpha value is -3.43. The fourth-order valence-corrected chi connectivity index (χ4v) is 3.24. The molecule has 0 aliphatic carbocycles. The Bertz CT molecular complexity index is 954. The van der Waals surface area contributed by atoms with E-state index in [-0.39, 0.29) is 25.4 Å². The lowest BCUT2D eigenvalue weighted by molar-refractivity contribution is -0.185. The number of rotatable bonds is 10. The largest absolute Gasteiger partial charge is 0.493 e. The van der Waals surface area contributed by atoms with Crippen LogP contribution in [0.2, 0.25) is 0 Å². The van der Waals surface area contributed by atoms with Crippen molar-refractivity contribution in [3.63, 3.8) is 0 Å². The van der Waals surface area contributed by atoms with Gasteiger partial charge >= 0.3 is 12.1 Å². The number of nitrogens with one attached hydrogen (secondary N) is 1. The fraction of sp³-hybridized carbons (Fsp3) is 0.391. The van der Waals surface area contributed by atoms with E-state index in [4.69, 9.17) is 14.2 Å². The van der Waals surface area contributed by atoms with E-state index in [1.54, 1.807) is 36.4 Å². The zero-order valence-electron chi connectivity index (χ0n) is 18.9. The lowest BCUT2D eigenvalue weighted by atomic mass is 10.1. The minimum atomic E-state index is -4.94. The summed E-state index contributed by atoms with van der Waals surface area (Å²) in [5, 5.41) is 2.73. The Balaban J connectivity index is 2.03. The van der Waals surface area contributed by atoms with Gasteiger partial charge < -0.3 is 24.4 Å². The Morgan fingerprint density at radius 3 is 2.12 bits per heavy atom. The van der Waals surface area contributed by atoms with E-state index in [1.165, 1.54) is 28.3 Å². The van der Waals surface area contributed by atoms with Crippen molar-refractivity contribution in [3.05, 3.63) is 47.5 Å². The zero-order chi connectivity index (χ0) is 24.6. The highest BCUT2D eigenvalue weighted by atomic mass is 19.4. The van der Waals surface area contributed by atoms with Crippen molar-refractivity contribution in [2.24, 2.45) is 0 Å². The van der Waals surface area contributed by atoms with E-state index >= 15 is 0 Å². The average molecular weight is 468 g/mol. The molecule has 0 heterocycles. The Morgan fingerprint density at radius 1 is 0.970 bits per heavy atom. The number of hydrogen-bond donors (Lipinski definition) is 1. The predicted molar refractivity (Wildman–Crippen MR) is 117 cm³/mol. The van der Waals surface area contributed by atoms with E-state index in [2.05, 4.69) is 5.32 Å². The molecule has 2 amide bonds. The van der Waals surface area contributed by atoms with Crippen molar-refractivity contribution in [1.29, 1.82) is 0 Å². The van der Waals surface area contributed by atoms with Crippen LogP contribution in [0, 0.1) is 0 Å². The molecule has 10 heteroatoms. The molecule has 0 aliphatic heterocycles. The third-order valence-electron chi connectivity index (χ3n) is 4.86. The van der Waals surface area contributed by atoms with Gasteiger partial charge in [0.1, 0.15) is 0 Å². The molecule has 2 aromatic carbocycles. The summed E-state index contributed by atoms with van der Waals surface area (Å²) in [4.78, 5) is 24.7. The topological polar surface area (TPSA) is 77.1 Å². The minimum absolute atomic E-state index is 0.0935. The molecule has 1 N–H and O–H groups in total. The number of methoxy groups -OCH3 is 3. The van der Waals surface area contributed by atoms with Crippen LogP contribution in [0.4, 0.5) is 18.9 Å². The lowest BCUT2D eigenvalue weighted by Gasteiger charge is -2.22. The number of carbonyl (C=O) groups excluding carboxylic acids is 2. The van der Waals surface area contributed by atoms with E-state index in [1.807, 2.05) is 0 Å². The predicted octanol–water partition coefficient (Wildman–Crippen LogP) is 4.19. The molecule has 0 unspecified atom stereocenters. The van der Waals surface area contributed by atoms with Gasteiger partial charge in [0.2, 0.25) is 11.7 Å². The molecule has 2 rings (SSSR count). The molecule has 2 aromatic rings. The van der Waals surface area contributed by atoms with Gasteiger partial charge in [0.15, 0.2) is 11.5 Å². The first-order valence-corrected chi connectivity index (χ1v) is 10.2. The highest BCUT2D eigenvalue weighted by Gasteiger charge is 2.41. The Kier molecular flexibility index (Phi) is 8.95. The molecule has 33 heavy (non-hydrogen) atoms. The van der Waals surface area contributed by atoms with E-state index in [0.717, 1.165) is 5.56 Å². The Morgan fingerprint density at radius 2 is 1.61 bits per heavy atom. The van der Waals surface area contributed by atoms with Gasteiger partial charge in [0, 0.05) is 25.2 Å². The average Bonchev–Trinajstić information content (AvgIpc) is 2.79. The van der Waals surface area contributed by atoms with Gasteiger partial charge in [0.25, 0.3) is 0 Å². The van der Waals surface area contributed by atoms with E-state index in [9.17, 15) is 22.8 Å². The van der Waals surface area contributed by atoms with Crippen molar-refractivity contribution >= 4 is 17.5 Å². The second kappa shape index (κ2) is 11.4. The van der Waals surface area contributed by atoms with Gasteiger partial charge in [-0.25, -0.2) is 0 Å². The lowest BCUT2D eigenvalue weighted by Crippen LogP contribution is -2.40. The monoisotopic (exact) mass is 468 g/mol. The maximum absolute atomic E-state index is 12.7. The molecule has 0 aliphatic rings. The highest BCUT2D eigenvalue weighted by molar-refractivity contribution is 5.91. The number of halogens is 3. The van der Waals surface area contributed by atoms with Crippen LogP contribution in [0.25, 0.3) is 0 Å². The number of benzene rings is 2. The van der Waals surface area contributed by atoms with Crippen molar-refractivity contribution < 1.29 is 37.0 Å². The summed E-state index contributed by atoms with van der Waals surface area (Å²) in [5.74, 6) is -0.762. The van der Waals surface area contributed by atoms with Crippen LogP contribution in [0.1, 0.15) is 24.5 Å². The molecule has 0 spiro atoms.